The van der Waals surface area contributed by atoms with E-state index >= 15 is 0 Å². The van der Waals surface area contributed by atoms with E-state index in [9.17, 15) is 0 Å². The van der Waals surface area contributed by atoms with Crippen LogP contribution in [0.5, 0.6) is 0 Å². The van der Waals surface area contributed by atoms with E-state index in [1.54, 1.807) is 0 Å². The van der Waals surface area contributed by atoms with Gasteiger partial charge in [0.1, 0.15) is 11.6 Å². The van der Waals surface area contributed by atoms with Crippen molar-refractivity contribution in [1.82, 2.24) is 9.97 Å². The Morgan fingerprint density at radius 3 is 2.72 bits per heavy atom. The second-order valence-electron chi connectivity index (χ2n) is 5.76. The topological polar surface area (TPSA) is 51.8 Å². The van der Waals surface area contributed by atoms with Crippen LogP contribution >= 0.6 is 15.9 Å². The van der Waals surface area contributed by atoms with Crippen LogP contribution in [0.2, 0.25) is 0 Å². The predicted molar refractivity (Wildman–Crippen MR) is 76.3 cm³/mol. The summed E-state index contributed by atoms with van der Waals surface area (Å²) in [5, 5.41) is 0. The lowest BCUT2D eigenvalue weighted by atomic mass is 9.88. The van der Waals surface area contributed by atoms with Crippen LogP contribution in [0.1, 0.15) is 56.5 Å². The van der Waals surface area contributed by atoms with Crippen molar-refractivity contribution in [2.75, 3.05) is 5.73 Å². The van der Waals surface area contributed by atoms with Gasteiger partial charge in [-0.1, -0.05) is 19.8 Å². The summed E-state index contributed by atoms with van der Waals surface area (Å²) in [7, 11) is 0. The number of anilines is 1. The minimum Gasteiger partial charge on any atom is -0.383 e. The summed E-state index contributed by atoms with van der Waals surface area (Å²) in [4.78, 5) is 9.32. The SMILES string of the molecule is CCCc1nc(C2CC3CCC2C3)nc(N)c1Br. The lowest BCUT2D eigenvalue weighted by Crippen LogP contribution is -2.15. The lowest BCUT2D eigenvalue weighted by molar-refractivity contribution is 0.404. The summed E-state index contributed by atoms with van der Waals surface area (Å²) in [6, 6.07) is 0. The zero-order valence-electron chi connectivity index (χ0n) is 10.8. The summed E-state index contributed by atoms with van der Waals surface area (Å²) in [6.45, 7) is 2.17. The molecule has 0 spiro atoms. The van der Waals surface area contributed by atoms with E-state index in [0.29, 0.717) is 11.7 Å². The first-order valence-electron chi connectivity index (χ1n) is 7.00. The molecule has 3 rings (SSSR count). The molecule has 2 saturated carbocycles. The van der Waals surface area contributed by atoms with E-state index in [0.717, 1.165) is 40.7 Å². The molecule has 2 N–H and O–H groups in total. The lowest BCUT2D eigenvalue weighted by Gasteiger charge is -2.21. The van der Waals surface area contributed by atoms with Crippen LogP contribution < -0.4 is 5.73 Å². The van der Waals surface area contributed by atoms with Gasteiger partial charge in [-0.2, -0.15) is 0 Å². The maximum atomic E-state index is 6.02. The van der Waals surface area contributed by atoms with Crippen LogP contribution in [-0.4, -0.2) is 9.97 Å². The van der Waals surface area contributed by atoms with Gasteiger partial charge in [0.2, 0.25) is 0 Å². The quantitative estimate of drug-likeness (QED) is 0.926. The molecular formula is C14H20BrN3. The minimum atomic E-state index is 0.565. The number of aryl methyl sites for hydroxylation is 1. The largest absolute Gasteiger partial charge is 0.383 e. The molecule has 3 unspecified atom stereocenters. The molecule has 3 atom stereocenters. The maximum absolute atomic E-state index is 6.02. The number of nitrogens with zero attached hydrogens (tertiary/aromatic N) is 2. The highest BCUT2D eigenvalue weighted by Crippen LogP contribution is 2.52. The van der Waals surface area contributed by atoms with Gasteiger partial charge in [0.05, 0.1) is 10.2 Å². The number of nitrogen functional groups attached to an aromatic ring is 1. The first-order valence-corrected chi connectivity index (χ1v) is 7.80. The molecule has 0 saturated heterocycles. The van der Waals surface area contributed by atoms with Crippen molar-refractivity contribution in [3.63, 3.8) is 0 Å². The Hall–Kier alpha value is -0.640. The molecule has 0 radical (unpaired) electrons. The smallest absolute Gasteiger partial charge is 0.141 e. The Morgan fingerprint density at radius 1 is 1.28 bits per heavy atom. The molecule has 0 aliphatic heterocycles. The molecule has 0 amide bonds. The van der Waals surface area contributed by atoms with Crippen molar-refractivity contribution in [3.8, 4) is 0 Å². The van der Waals surface area contributed by atoms with E-state index < -0.39 is 0 Å². The molecule has 18 heavy (non-hydrogen) atoms. The van der Waals surface area contributed by atoms with Crippen LogP contribution in [0.25, 0.3) is 0 Å². The molecule has 3 nitrogen and oxygen atoms in total. The first-order chi connectivity index (χ1) is 8.69. The van der Waals surface area contributed by atoms with Crippen LogP contribution in [0.4, 0.5) is 5.82 Å². The van der Waals surface area contributed by atoms with Gasteiger partial charge in [0, 0.05) is 5.92 Å². The molecule has 1 aromatic heterocycles. The Morgan fingerprint density at radius 2 is 2.11 bits per heavy atom. The third kappa shape index (κ3) is 2.04. The Bertz CT molecular complexity index is 461. The third-order valence-corrected chi connectivity index (χ3v) is 5.38. The summed E-state index contributed by atoms with van der Waals surface area (Å²) < 4.78 is 0.899. The van der Waals surface area contributed by atoms with Gasteiger partial charge in [0.15, 0.2) is 0 Å². The van der Waals surface area contributed by atoms with E-state index in [4.69, 9.17) is 10.7 Å². The zero-order valence-corrected chi connectivity index (χ0v) is 12.4. The summed E-state index contributed by atoms with van der Waals surface area (Å²) >= 11 is 3.51. The second kappa shape index (κ2) is 4.80. The molecule has 1 heterocycles. The standard InChI is InChI=1S/C14H20BrN3/c1-2-3-11-12(15)13(16)18-14(17-11)10-7-8-4-5-9(10)6-8/h8-10H,2-7H2,1H3,(H2,16,17,18). The van der Waals surface area contributed by atoms with Gasteiger partial charge in [-0.05, 0) is 53.4 Å². The Labute approximate surface area is 117 Å². The number of halogens is 1. The van der Waals surface area contributed by atoms with Gasteiger partial charge in [-0.15, -0.1) is 0 Å². The van der Waals surface area contributed by atoms with Gasteiger partial charge < -0.3 is 5.73 Å². The van der Waals surface area contributed by atoms with Crippen LogP contribution in [0.15, 0.2) is 4.47 Å². The van der Waals surface area contributed by atoms with Crippen LogP contribution in [0, 0.1) is 11.8 Å². The van der Waals surface area contributed by atoms with E-state index in [1.807, 2.05) is 0 Å². The Balaban J connectivity index is 1.92. The number of nitrogens with two attached hydrogens (primary N) is 1. The van der Waals surface area contributed by atoms with Crippen LogP contribution in [0.3, 0.4) is 0 Å². The fraction of sp³-hybridized carbons (Fsp3) is 0.714. The highest BCUT2D eigenvalue weighted by Gasteiger charge is 2.41. The molecule has 1 aromatic rings. The van der Waals surface area contributed by atoms with Crippen molar-refractivity contribution in [2.24, 2.45) is 11.8 Å². The van der Waals surface area contributed by atoms with Crippen LogP contribution in [-0.2, 0) is 6.42 Å². The molecular weight excluding hydrogens is 290 g/mol. The molecule has 2 aliphatic rings. The number of aromatic nitrogens is 2. The Kier molecular flexibility index (Phi) is 3.31. The monoisotopic (exact) mass is 309 g/mol. The summed E-state index contributed by atoms with van der Waals surface area (Å²) in [6.07, 6.45) is 7.49. The van der Waals surface area contributed by atoms with Gasteiger partial charge in [-0.3, -0.25) is 0 Å². The number of hydrogen-bond donors (Lipinski definition) is 1. The molecule has 2 aliphatic carbocycles. The van der Waals surface area contributed by atoms with Gasteiger partial charge >= 0.3 is 0 Å². The average molecular weight is 310 g/mol. The molecule has 0 aromatic carbocycles. The number of hydrogen-bond acceptors (Lipinski definition) is 3. The van der Waals surface area contributed by atoms with Crippen molar-refractivity contribution in [3.05, 3.63) is 16.0 Å². The molecule has 2 bridgehead atoms. The zero-order chi connectivity index (χ0) is 12.7. The van der Waals surface area contributed by atoms with Crippen molar-refractivity contribution in [1.29, 1.82) is 0 Å². The van der Waals surface area contributed by atoms with Gasteiger partial charge in [0.25, 0.3) is 0 Å². The minimum absolute atomic E-state index is 0.565. The summed E-state index contributed by atoms with van der Waals surface area (Å²) in [5.41, 5.74) is 7.11. The van der Waals surface area contributed by atoms with Crippen molar-refractivity contribution < 1.29 is 0 Å². The maximum Gasteiger partial charge on any atom is 0.141 e. The number of fused-ring (bicyclic) bond motifs is 2. The third-order valence-electron chi connectivity index (χ3n) is 4.52. The predicted octanol–water partition coefficient (Wildman–Crippen LogP) is 3.68. The highest BCUT2D eigenvalue weighted by molar-refractivity contribution is 9.10. The summed E-state index contributed by atoms with van der Waals surface area (Å²) in [5.74, 6) is 3.92. The van der Waals surface area contributed by atoms with Gasteiger partial charge in [-0.25, -0.2) is 9.97 Å². The normalized spacial score (nSPS) is 30.0. The first kappa shape index (κ1) is 12.4. The molecule has 4 heteroatoms. The second-order valence-corrected chi connectivity index (χ2v) is 6.55. The highest BCUT2D eigenvalue weighted by atomic mass is 79.9. The average Bonchev–Trinajstić information content (AvgIpc) is 2.97. The number of rotatable bonds is 3. The van der Waals surface area contributed by atoms with E-state index in [-0.39, 0.29) is 0 Å². The van der Waals surface area contributed by atoms with Crippen molar-refractivity contribution in [2.45, 2.75) is 51.4 Å². The fourth-order valence-electron chi connectivity index (χ4n) is 3.66. The van der Waals surface area contributed by atoms with E-state index in [1.165, 1.54) is 25.7 Å². The van der Waals surface area contributed by atoms with Crippen molar-refractivity contribution >= 4 is 21.7 Å². The molecule has 2 fully saturated rings. The molecule has 98 valence electrons. The fourth-order valence-corrected chi connectivity index (χ4v) is 4.04. The van der Waals surface area contributed by atoms with E-state index in [2.05, 4.69) is 27.8 Å².